The van der Waals surface area contributed by atoms with Gasteiger partial charge >= 0.3 is 6.09 Å². The highest BCUT2D eigenvalue weighted by atomic mass is 16.6. The summed E-state index contributed by atoms with van der Waals surface area (Å²) < 4.78 is 5.53. The summed E-state index contributed by atoms with van der Waals surface area (Å²) in [4.78, 5) is 13.3. The number of rotatable bonds is 0. The fourth-order valence-corrected chi connectivity index (χ4v) is 2.89. The van der Waals surface area contributed by atoms with Crippen LogP contribution in [0.1, 0.15) is 33.1 Å². The first kappa shape index (κ1) is 10.8. The van der Waals surface area contributed by atoms with Crippen LogP contribution in [0, 0.1) is 5.92 Å². The molecule has 15 heavy (non-hydrogen) atoms. The van der Waals surface area contributed by atoms with Crippen LogP contribution in [-0.2, 0) is 4.74 Å². The average Bonchev–Trinajstić information content (AvgIpc) is 2.39. The molecule has 1 heterocycles. The second-order valence-corrected chi connectivity index (χ2v) is 5.64. The van der Waals surface area contributed by atoms with Crippen molar-refractivity contribution in [3.63, 3.8) is 0 Å². The van der Waals surface area contributed by atoms with Crippen molar-refractivity contribution in [3.8, 4) is 0 Å². The Balaban J connectivity index is 2.29. The highest BCUT2D eigenvalue weighted by molar-refractivity contribution is 6.16. The lowest BCUT2D eigenvalue weighted by Gasteiger charge is -2.36. The first-order chi connectivity index (χ1) is 6.94. The van der Waals surface area contributed by atoms with Crippen LogP contribution in [0.25, 0.3) is 0 Å². The number of hydrogen-bond donors (Lipinski definition) is 0. The van der Waals surface area contributed by atoms with E-state index in [0.717, 1.165) is 6.42 Å². The largest absolute Gasteiger partial charge is 0.444 e. The Morgan fingerprint density at radius 3 is 2.87 bits per heavy atom. The minimum absolute atomic E-state index is 0.0764. The summed E-state index contributed by atoms with van der Waals surface area (Å²) in [5.74, 6) is 0.617. The van der Waals surface area contributed by atoms with Gasteiger partial charge in [0, 0.05) is 7.05 Å². The molecule has 2 aliphatic rings. The van der Waals surface area contributed by atoms with Crippen molar-refractivity contribution < 1.29 is 9.53 Å². The number of carbonyl (C=O) groups is 1. The molecule has 84 valence electrons. The van der Waals surface area contributed by atoms with Gasteiger partial charge in [-0.1, -0.05) is 26.7 Å². The van der Waals surface area contributed by atoms with Gasteiger partial charge in [0.2, 0.25) is 0 Å². The van der Waals surface area contributed by atoms with Crippen LogP contribution in [0.4, 0.5) is 4.79 Å². The second-order valence-electron chi connectivity index (χ2n) is 5.64. The van der Waals surface area contributed by atoms with Gasteiger partial charge in [-0.05, 0) is 17.7 Å². The number of nitrogens with zero attached hydrogens (tertiary/aromatic N) is 1. The number of ether oxygens (including phenoxy) is 1. The van der Waals surface area contributed by atoms with Crippen molar-refractivity contribution >= 4 is 13.9 Å². The zero-order chi connectivity index (χ0) is 11.2. The number of likely N-dealkylation sites (N-methyl/N-ethyl adjacent to an activating group) is 1. The minimum atomic E-state index is -0.146. The fourth-order valence-electron chi connectivity index (χ4n) is 2.89. The van der Waals surface area contributed by atoms with E-state index in [1.807, 2.05) is 7.05 Å². The van der Waals surface area contributed by atoms with Gasteiger partial charge in [-0.3, -0.25) is 0 Å². The molecule has 4 atom stereocenters. The Labute approximate surface area is 92.6 Å². The van der Waals surface area contributed by atoms with Crippen molar-refractivity contribution in [1.29, 1.82) is 0 Å². The van der Waals surface area contributed by atoms with Gasteiger partial charge < -0.3 is 9.64 Å². The molecule has 1 amide bonds. The molecule has 0 aromatic heterocycles. The molecule has 4 unspecified atom stereocenters. The van der Waals surface area contributed by atoms with Gasteiger partial charge in [-0.2, -0.15) is 0 Å². The van der Waals surface area contributed by atoms with Gasteiger partial charge in [0.1, 0.15) is 14.0 Å². The Morgan fingerprint density at radius 2 is 2.20 bits per heavy atom. The summed E-state index contributed by atoms with van der Waals surface area (Å²) in [5.41, 5.74) is 0. The molecule has 2 fully saturated rings. The van der Waals surface area contributed by atoms with E-state index in [4.69, 9.17) is 4.74 Å². The summed E-state index contributed by atoms with van der Waals surface area (Å²) >= 11 is 0. The lowest BCUT2D eigenvalue weighted by Crippen LogP contribution is -2.40. The predicted molar refractivity (Wildman–Crippen MR) is 61.7 cm³/mol. The van der Waals surface area contributed by atoms with E-state index in [1.54, 1.807) is 4.90 Å². The third-order valence-electron chi connectivity index (χ3n) is 4.50. The first-order valence-corrected chi connectivity index (χ1v) is 5.88. The Kier molecular flexibility index (Phi) is 2.48. The molecule has 1 aliphatic carbocycles. The summed E-state index contributed by atoms with van der Waals surface area (Å²) in [6.07, 6.45) is 3.46. The van der Waals surface area contributed by atoms with Gasteiger partial charge in [0.25, 0.3) is 0 Å². The van der Waals surface area contributed by atoms with Crippen LogP contribution < -0.4 is 0 Å². The van der Waals surface area contributed by atoms with Crippen molar-refractivity contribution in [2.75, 3.05) is 7.05 Å². The van der Waals surface area contributed by atoms with E-state index in [2.05, 4.69) is 21.7 Å². The standard InChI is InChI=1S/C11H20BNO2/c1-7-5-4-6-8-9(11(7,2)12)15-10(14)13(8)3/h7-9H,4-6,12H2,1-3H3. The van der Waals surface area contributed by atoms with Crippen LogP contribution >= 0.6 is 0 Å². The molecule has 0 N–H and O–H groups in total. The van der Waals surface area contributed by atoms with Crippen LogP contribution in [0.2, 0.25) is 5.31 Å². The zero-order valence-corrected chi connectivity index (χ0v) is 10.1. The molecule has 0 aromatic rings. The molecular formula is C11H20BNO2. The van der Waals surface area contributed by atoms with Crippen LogP contribution in [0.3, 0.4) is 0 Å². The Morgan fingerprint density at radius 1 is 1.53 bits per heavy atom. The lowest BCUT2D eigenvalue weighted by molar-refractivity contribution is 0.0904. The third kappa shape index (κ3) is 1.54. The minimum Gasteiger partial charge on any atom is -0.444 e. The monoisotopic (exact) mass is 209 g/mol. The average molecular weight is 209 g/mol. The van der Waals surface area contributed by atoms with Crippen molar-refractivity contribution in [2.24, 2.45) is 5.92 Å². The maximum Gasteiger partial charge on any atom is 0.410 e. The number of carbonyl (C=O) groups excluding carboxylic acids is 1. The lowest BCUT2D eigenvalue weighted by atomic mass is 9.58. The molecule has 1 saturated carbocycles. The number of fused-ring (bicyclic) bond motifs is 1. The molecule has 2 rings (SSSR count). The van der Waals surface area contributed by atoms with Crippen LogP contribution in [0.15, 0.2) is 0 Å². The van der Waals surface area contributed by atoms with Crippen LogP contribution in [-0.4, -0.2) is 38.0 Å². The topological polar surface area (TPSA) is 29.5 Å². The molecule has 4 heteroatoms. The van der Waals surface area contributed by atoms with E-state index in [1.165, 1.54) is 12.8 Å². The predicted octanol–water partition coefficient (Wildman–Crippen LogP) is 1.44. The smallest absolute Gasteiger partial charge is 0.410 e. The molecule has 0 spiro atoms. The Bertz CT molecular complexity index is 280. The molecule has 1 saturated heterocycles. The number of hydrogen-bond acceptors (Lipinski definition) is 2. The highest BCUT2D eigenvalue weighted by Crippen LogP contribution is 2.47. The zero-order valence-electron chi connectivity index (χ0n) is 10.1. The van der Waals surface area contributed by atoms with Crippen molar-refractivity contribution in [1.82, 2.24) is 4.90 Å². The van der Waals surface area contributed by atoms with E-state index in [0.29, 0.717) is 5.92 Å². The molecule has 0 radical (unpaired) electrons. The maximum atomic E-state index is 11.6. The van der Waals surface area contributed by atoms with Gasteiger partial charge in [-0.25, -0.2) is 4.79 Å². The van der Waals surface area contributed by atoms with E-state index in [-0.39, 0.29) is 23.6 Å². The SMILES string of the molecule is BC1(C)C(C)CCCC2C1OC(=O)N2C. The summed E-state index contributed by atoms with van der Waals surface area (Å²) in [5, 5.41) is 0.0988. The normalized spacial score (nSPS) is 45.9. The van der Waals surface area contributed by atoms with Crippen molar-refractivity contribution in [2.45, 2.75) is 50.6 Å². The maximum absolute atomic E-state index is 11.6. The quantitative estimate of drug-likeness (QED) is 0.565. The Hall–Kier alpha value is -0.665. The van der Waals surface area contributed by atoms with Gasteiger partial charge in [-0.15, -0.1) is 0 Å². The molecule has 1 aliphatic heterocycles. The highest BCUT2D eigenvalue weighted by Gasteiger charge is 2.50. The summed E-state index contributed by atoms with van der Waals surface area (Å²) in [6.45, 7) is 4.50. The third-order valence-corrected chi connectivity index (χ3v) is 4.50. The molecular weight excluding hydrogens is 189 g/mol. The van der Waals surface area contributed by atoms with Crippen molar-refractivity contribution in [3.05, 3.63) is 0 Å². The van der Waals surface area contributed by atoms with E-state index < -0.39 is 0 Å². The number of amides is 1. The fraction of sp³-hybridized carbons (Fsp3) is 0.909. The van der Waals surface area contributed by atoms with Gasteiger partial charge in [0.15, 0.2) is 0 Å². The first-order valence-electron chi connectivity index (χ1n) is 5.88. The summed E-state index contributed by atoms with van der Waals surface area (Å²) in [7, 11) is 4.09. The molecule has 0 aromatic carbocycles. The van der Waals surface area contributed by atoms with E-state index >= 15 is 0 Å². The second kappa shape index (κ2) is 3.43. The van der Waals surface area contributed by atoms with Gasteiger partial charge in [0.05, 0.1) is 6.04 Å². The summed E-state index contributed by atoms with van der Waals surface area (Å²) in [6, 6.07) is 0.289. The van der Waals surface area contributed by atoms with E-state index in [9.17, 15) is 4.79 Å². The van der Waals surface area contributed by atoms with Crippen LogP contribution in [0.5, 0.6) is 0 Å². The molecule has 3 nitrogen and oxygen atoms in total. The molecule has 0 bridgehead atoms.